The van der Waals surface area contributed by atoms with Gasteiger partial charge in [-0.25, -0.2) is 0 Å². The van der Waals surface area contributed by atoms with Gasteiger partial charge in [0.25, 0.3) is 4.55 Å². The van der Waals surface area contributed by atoms with E-state index in [2.05, 4.69) is 6.92 Å². The second kappa shape index (κ2) is 10.1. The minimum atomic E-state index is 0. The van der Waals surface area contributed by atoms with Crippen LogP contribution in [-0.2, 0) is 0 Å². The van der Waals surface area contributed by atoms with Crippen LogP contribution < -0.4 is 0 Å². The summed E-state index contributed by atoms with van der Waals surface area (Å²) in [7, 11) is 0. The number of para-hydroxylation sites is 1. The predicted molar refractivity (Wildman–Crippen MR) is 51.6 cm³/mol. The maximum absolute atomic E-state index is 8.63. The van der Waals surface area contributed by atoms with Crippen LogP contribution in [0.2, 0.25) is 4.55 Å². The Morgan fingerprint density at radius 3 is 1.82 bits per heavy atom. The summed E-state index contributed by atoms with van der Waals surface area (Å²) in [5.74, 6) is 0.322. The van der Waals surface area contributed by atoms with E-state index in [1.165, 1.54) is 4.55 Å². The third-order valence-electron chi connectivity index (χ3n) is 0.756. The molecule has 1 rings (SSSR count). The fourth-order valence-electron chi connectivity index (χ4n) is 0.428. The maximum atomic E-state index is 8.63. The molecule has 0 spiro atoms. The quantitative estimate of drug-likeness (QED) is 0.613. The van der Waals surface area contributed by atoms with Crippen molar-refractivity contribution < 1.29 is 5.11 Å². The molecule has 0 aliphatic carbocycles. The SMILES string of the molecule is C[CH2][Mg+2].Cl.Oc1ccccc1. The van der Waals surface area contributed by atoms with Crippen molar-refractivity contribution >= 4 is 34.1 Å². The largest absolute Gasteiger partial charge is 1.41 e. The van der Waals surface area contributed by atoms with Crippen LogP contribution in [0.15, 0.2) is 30.3 Å². The van der Waals surface area contributed by atoms with Crippen LogP contribution in [0.1, 0.15) is 6.92 Å². The van der Waals surface area contributed by atoms with Crippen LogP contribution in [0.3, 0.4) is 0 Å². The zero-order chi connectivity index (χ0) is 7.82. The van der Waals surface area contributed by atoms with Crippen LogP contribution in [0.25, 0.3) is 0 Å². The maximum Gasteiger partial charge on any atom is 1.41 e. The second-order valence-corrected chi connectivity index (χ2v) is 2.84. The molecule has 0 atom stereocenters. The molecule has 3 heteroatoms. The molecule has 0 aliphatic rings. The molecule has 57 valence electrons. The van der Waals surface area contributed by atoms with Gasteiger partial charge in [0.05, 0.1) is 0 Å². The highest BCUT2D eigenvalue weighted by Crippen LogP contribution is 2.02. The van der Waals surface area contributed by atoms with E-state index in [4.69, 9.17) is 5.11 Å². The summed E-state index contributed by atoms with van der Waals surface area (Å²) < 4.78 is 1.28. The van der Waals surface area contributed by atoms with Crippen molar-refractivity contribution in [1.82, 2.24) is 0 Å². The van der Waals surface area contributed by atoms with Crippen molar-refractivity contribution in [2.45, 2.75) is 11.5 Å². The first-order chi connectivity index (χ1) is 4.81. The summed E-state index contributed by atoms with van der Waals surface area (Å²) in [4.78, 5) is 0. The van der Waals surface area contributed by atoms with Crippen LogP contribution in [0, 0.1) is 0 Å². The molecule has 0 aromatic heterocycles. The fourth-order valence-corrected chi connectivity index (χ4v) is 0.428. The van der Waals surface area contributed by atoms with Crippen molar-refractivity contribution in [1.29, 1.82) is 0 Å². The van der Waals surface area contributed by atoms with Gasteiger partial charge in [0.2, 0.25) is 0 Å². The summed E-state index contributed by atoms with van der Waals surface area (Å²) in [5.41, 5.74) is 0. The average molecular weight is 184 g/mol. The van der Waals surface area contributed by atoms with Crippen LogP contribution in [0.5, 0.6) is 5.75 Å². The van der Waals surface area contributed by atoms with Gasteiger partial charge in [0.1, 0.15) is 5.75 Å². The number of phenolic OH excluding ortho intramolecular Hbond substituents is 1. The monoisotopic (exact) mass is 183 g/mol. The number of rotatable bonds is 0. The van der Waals surface area contributed by atoms with E-state index in [0.29, 0.717) is 5.75 Å². The van der Waals surface area contributed by atoms with Crippen molar-refractivity contribution in [2.24, 2.45) is 0 Å². The van der Waals surface area contributed by atoms with E-state index >= 15 is 0 Å². The van der Waals surface area contributed by atoms with E-state index in [1.54, 1.807) is 24.3 Å². The van der Waals surface area contributed by atoms with E-state index in [1.807, 2.05) is 27.8 Å². The van der Waals surface area contributed by atoms with Gasteiger partial charge in [-0.3, -0.25) is 0 Å². The predicted octanol–water partition coefficient (Wildman–Crippen LogP) is 2.41. The minimum absolute atomic E-state index is 0. The zero-order valence-corrected chi connectivity index (χ0v) is 8.89. The van der Waals surface area contributed by atoms with Gasteiger partial charge in [-0.1, -0.05) is 18.2 Å². The van der Waals surface area contributed by atoms with E-state index in [-0.39, 0.29) is 12.4 Å². The highest BCUT2D eigenvalue weighted by atomic mass is 35.5. The molecular weight excluding hydrogens is 172 g/mol. The highest BCUT2D eigenvalue weighted by molar-refractivity contribution is 6.08. The number of hydrogen-bond donors (Lipinski definition) is 1. The lowest BCUT2D eigenvalue weighted by atomic mass is 10.3. The smallest absolute Gasteiger partial charge is 0.508 e. The summed E-state index contributed by atoms with van der Waals surface area (Å²) >= 11 is 1.97. The molecule has 7 radical (unpaired) electrons. The molecule has 0 saturated carbocycles. The summed E-state index contributed by atoms with van der Waals surface area (Å²) in [6.07, 6.45) is 0. The standard InChI is InChI=1S/C6H6O.C2H5.ClH.Mg/c7-6-4-2-1-3-5-6;1-2;;/h1-5,7H;1H2,2H3;1H;/q;;;+2. The first-order valence-electron chi connectivity index (χ1n) is 3.34. The van der Waals surface area contributed by atoms with E-state index in [0.717, 1.165) is 0 Å². The number of aromatic hydroxyl groups is 1. The van der Waals surface area contributed by atoms with E-state index < -0.39 is 0 Å². The molecule has 1 N–H and O–H groups in total. The zero-order valence-electron chi connectivity index (χ0n) is 6.66. The Hall–Kier alpha value is 0.0762. The van der Waals surface area contributed by atoms with Gasteiger partial charge in [0.15, 0.2) is 0 Å². The summed E-state index contributed by atoms with van der Waals surface area (Å²) in [5, 5.41) is 8.63. The van der Waals surface area contributed by atoms with Crippen molar-refractivity contribution in [3.63, 3.8) is 0 Å². The van der Waals surface area contributed by atoms with E-state index in [9.17, 15) is 0 Å². The molecule has 11 heavy (non-hydrogen) atoms. The molecule has 0 saturated heterocycles. The number of phenols is 1. The Labute approximate surface area is 86.7 Å². The Bertz CT molecular complexity index is 155. The second-order valence-electron chi connectivity index (χ2n) is 1.84. The van der Waals surface area contributed by atoms with Gasteiger partial charge in [-0.05, 0) is 12.1 Å². The van der Waals surface area contributed by atoms with Gasteiger partial charge in [-0.15, -0.1) is 12.4 Å². The highest BCUT2D eigenvalue weighted by Gasteiger charge is 2.13. The lowest BCUT2D eigenvalue weighted by Crippen LogP contribution is -1.56. The number of hydrogen-bond acceptors (Lipinski definition) is 1. The molecule has 0 aliphatic heterocycles. The molecule has 1 aromatic carbocycles. The first kappa shape index (κ1) is 13.7. The first-order valence-corrected chi connectivity index (χ1v) is 4.34. The Balaban J connectivity index is 0. The van der Waals surface area contributed by atoms with Gasteiger partial charge in [-0.2, -0.15) is 0 Å². The molecule has 1 aromatic rings. The molecular formula is C8H12ClMgO+2. The van der Waals surface area contributed by atoms with Crippen molar-refractivity contribution in [3.05, 3.63) is 30.3 Å². The Morgan fingerprint density at radius 2 is 1.64 bits per heavy atom. The lowest BCUT2D eigenvalue weighted by Gasteiger charge is -1.82. The van der Waals surface area contributed by atoms with Crippen molar-refractivity contribution in [2.75, 3.05) is 0 Å². The van der Waals surface area contributed by atoms with Crippen molar-refractivity contribution in [3.8, 4) is 5.75 Å². The Morgan fingerprint density at radius 1 is 1.27 bits per heavy atom. The third kappa shape index (κ3) is 10.1. The minimum Gasteiger partial charge on any atom is -0.508 e. The summed E-state index contributed by atoms with van der Waals surface area (Å²) in [6, 6.07) is 8.71. The molecule has 0 bridgehead atoms. The molecule has 0 amide bonds. The molecule has 0 heterocycles. The Kier molecular flexibility index (Phi) is 12.5. The summed E-state index contributed by atoms with van der Waals surface area (Å²) in [6.45, 7) is 2.14. The van der Waals surface area contributed by atoms with Gasteiger partial charge < -0.3 is 5.11 Å². The van der Waals surface area contributed by atoms with Crippen LogP contribution in [-0.4, -0.2) is 26.8 Å². The topological polar surface area (TPSA) is 20.2 Å². The lowest BCUT2D eigenvalue weighted by molar-refractivity contribution is 0.475. The number of benzene rings is 1. The third-order valence-corrected chi connectivity index (χ3v) is 0.756. The number of halogens is 1. The van der Waals surface area contributed by atoms with Gasteiger partial charge >= 0.3 is 21.7 Å². The van der Waals surface area contributed by atoms with Crippen LogP contribution >= 0.6 is 12.4 Å². The van der Waals surface area contributed by atoms with Gasteiger partial charge in [0, 0.05) is 6.92 Å². The average Bonchev–Trinajstić information content (AvgIpc) is 1.91. The molecule has 0 unspecified atom stereocenters. The molecule has 1 nitrogen and oxygen atoms in total. The molecule has 0 fully saturated rings. The fraction of sp³-hybridized carbons (Fsp3) is 0.250. The van der Waals surface area contributed by atoms with Crippen LogP contribution in [0.4, 0.5) is 0 Å². The normalized spacial score (nSPS) is 7.09.